The van der Waals surface area contributed by atoms with Gasteiger partial charge in [0.2, 0.25) is 0 Å². The first-order chi connectivity index (χ1) is 8.65. The Hall–Kier alpha value is -2.43. The molecule has 0 aliphatic heterocycles. The molecular weight excluding hydrogens is 228 g/mol. The first-order valence-electron chi connectivity index (χ1n) is 5.56. The standard InChI is InChI=1S/C13H14N4O/c1-9-6-16-12(7-15-9)8-17-13(18)10-3-2-4-11(14)5-10/h2-7H,8,14H2,1H3,(H,17,18). The van der Waals surface area contributed by atoms with Crippen LogP contribution in [-0.4, -0.2) is 15.9 Å². The molecule has 0 fully saturated rings. The van der Waals surface area contributed by atoms with Crippen molar-refractivity contribution in [3.05, 3.63) is 53.6 Å². The van der Waals surface area contributed by atoms with Crippen LogP contribution in [0, 0.1) is 6.92 Å². The minimum atomic E-state index is -0.176. The van der Waals surface area contributed by atoms with Gasteiger partial charge in [-0.25, -0.2) is 0 Å². The van der Waals surface area contributed by atoms with Crippen LogP contribution < -0.4 is 11.1 Å². The minimum Gasteiger partial charge on any atom is -0.399 e. The molecule has 2 rings (SSSR count). The van der Waals surface area contributed by atoms with E-state index in [2.05, 4.69) is 15.3 Å². The maximum Gasteiger partial charge on any atom is 0.251 e. The van der Waals surface area contributed by atoms with E-state index in [0.717, 1.165) is 11.4 Å². The van der Waals surface area contributed by atoms with Crippen molar-refractivity contribution < 1.29 is 4.79 Å². The van der Waals surface area contributed by atoms with Crippen LogP contribution in [0.1, 0.15) is 21.7 Å². The SMILES string of the molecule is Cc1cnc(CNC(=O)c2cccc(N)c2)cn1. The Morgan fingerprint density at radius 1 is 1.33 bits per heavy atom. The largest absolute Gasteiger partial charge is 0.399 e. The molecule has 18 heavy (non-hydrogen) atoms. The van der Waals surface area contributed by atoms with Crippen LogP contribution in [0.4, 0.5) is 5.69 Å². The molecule has 0 unspecified atom stereocenters. The lowest BCUT2D eigenvalue weighted by molar-refractivity contribution is 0.0950. The van der Waals surface area contributed by atoms with Gasteiger partial charge in [0.1, 0.15) is 0 Å². The van der Waals surface area contributed by atoms with Crippen molar-refractivity contribution >= 4 is 11.6 Å². The monoisotopic (exact) mass is 242 g/mol. The number of aryl methyl sites for hydroxylation is 1. The Balaban J connectivity index is 1.98. The average Bonchev–Trinajstić information content (AvgIpc) is 2.38. The van der Waals surface area contributed by atoms with Gasteiger partial charge in [0.05, 0.1) is 24.1 Å². The summed E-state index contributed by atoms with van der Waals surface area (Å²) in [4.78, 5) is 20.1. The van der Waals surface area contributed by atoms with E-state index >= 15 is 0 Å². The van der Waals surface area contributed by atoms with Gasteiger partial charge in [-0.3, -0.25) is 14.8 Å². The number of nitrogen functional groups attached to an aromatic ring is 1. The van der Waals surface area contributed by atoms with Gasteiger partial charge >= 0.3 is 0 Å². The highest BCUT2D eigenvalue weighted by Crippen LogP contribution is 2.06. The van der Waals surface area contributed by atoms with E-state index in [1.807, 2.05) is 6.92 Å². The first kappa shape index (κ1) is 12.0. The van der Waals surface area contributed by atoms with Crippen molar-refractivity contribution in [2.24, 2.45) is 0 Å². The second kappa shape index (κ2) is 5.27. The molecule has 0 spiro atoms. The molecule has 3 N–H and O–H groups in total. The number of anilines is 1. The van der Waals surface area contributed by atoms with Crippen LogP contribution >= 0.6 is 0 Å². The molecule has 1 aromatic heterocycles. The number of nitrogens with one attached hydrogen (secondary N) is 1. The van der Waals surface area contributed by atoms with E-state index in [1.54, 1.807) is 36.7 Å². The van der Waals surface area contributed by atoms with Crippen molar-refractivity contribution in [2.75, 3.05) is 5.73 Å². The molecule has 0 bridgehead atoms. The van der Waals surface area contributed by atoms with E-state index in [-0.39, 0.29) is 5.91 Å². The average molecular weight is 242 g/mol. The zero-order chi connectivity index (χ0) is 13.0. The Labute approximate surface area is 105 Å². The molecule has 5 nitrogen and oxygen atoms in total. The molecule has 1 aromatic carbocycles. The molecule has 1 heterocycles. The number of rotatable bonds is 3. The summed E-state index contributed by atoms with van der Waals surface area (Å²) in [5, 5.41) is 2.76. The summed E-state index contributed by atoms with van der Waals surface area (Å²) in [5.74, 6) is -0.176. The highest BCUT2D eigenvalue weighted by molar-refractivity contribution is 5.94. The lowest BCUT2D eigenvalue weighted by Gasteiger charge is -2.05. The maximum atomic E-state index is 11.8. The number of nitrogens with zero attached hydrogens (tertiary/aromatic N) is 2. The summed E-state index contributed by atoms with van der Waals surface area (Å²) in [6.07, 6.45) is 3.32. The molecule has 0 saturated heterocycles. The fourth-order valence-electron chi connectivity index (χ4n) is 1.46. The van der Waals surface area contributed by atoms with Crippen LogP contribution in [0.25, 0.3) is 0 Å². The van der Waals surface area contributed by atoms with Gasteiger partial charge in [0.15, 0.2) is 0 Å². The predicted octanol–water partition coefficient (Wildman–Crippen LogP) is 1.30. The summed E-state index contributed by atoms with van der Waals surface area (Å²) >= 11 is 0. The predicted molar refractivity (Wildman–Crippen MR) is 68.8 cm³/mol. The van der Waals surface area contributed by atoms with Crippen LogP contribution in [0.2, 0.25) is 0 Å². The minimum absolute atomic E-state index is 0.176. The van der Waals surface area contributed by atoms with Gasteiger partial charge in [0, 0.05) is 17.4 Å². The van der Waals surface area contributed by atoms with Gasteiger partial charge in [-0.05, 0) is 25.1 Å². The number of hydrogen-bond acceptors (Lipinski definition) is 4. The Bertz CT molecular complexity index is 551. The van der Waals surface area contributed by atoms with Gasteiger partial charge < -0.3 is 11.1 Å². The van der Waals surface area contributed by atoms with Crippen molar-refractivity contribution in [1.29, 1.82) is 0 Å². The van der Waals surface area contributed by atoms with E-state index in [4.69, 9.17) is 5.73 Å². The third kappa shape index (κ3) is 3.04. The maximum absolute atomic E-state index is 11.8. The second-order valence-corrected chi connectivity index (χ2v) is 3.96. The smallest absolute Gasteiger partial charge is 0.251 e. The van der Waals surface area contributed by atoms with E-state index in [0.29, 0.717) is 17.8 Å². The van der Waals surface area contributed by atoms with Gasteiger partial charge in [-0.2, -0.15) is 0 Å². The Morgan fingerprint density at radius 2 is 2.17 bits per heavy atom. The van der Waals surface area contributed by atoms with Crippen LogP contribution in [0.3, 0.4) is 0 Å². The molecule has 0 radical (unpaired) electrons. The highest BCUT2D eigenvalue weighted by atomic mass is 16.1. The Kier molecular flexibility index (Phi) is 3.52. The zero-order valence-electron chi connectivity index (χ0n) is 10.1. The molecular formula is C13H14N4O. The molecule has 5 heteroatoms. The third-order valence-corrected chi connectivity index (χ3v) is 2.41. The van der Waals surface area contributed by atoms with Crippen molar-refractivity contribution in [1.82, 2.24) is 15.3 Å². The fraction of sp³-hybridized carbons (Fsp3) is 0.154. The normalized spacial score (nSPS) is 10.1. The highest BCUT2D eigenvalue weighted by Gasteiger charge is 2.05. The number of amides is 1. The van der Waals surface area contributed by atoms with Crippen LogP contribution in [-0.2, 0) is 6.54 Å². The molecule has 0 aliphatic carbocycles. The molecule has 0 aliphatic rings. The van der Waals surface area contributed by atoms with Gasteiger partial charge in [0.25, 0.3) is 5.91 Å². The number of aromatic nitrogens is 2. The lowest BCUT2D eigenvalue weighted by Crippen LogP contribution is -2.23. The summed E-state index contributed by atoms with van der Waals surface area (Å²) in [5.41, 5.74) is 8.29. The quantitative estimate of drug-likeness (QED) is 0.795. The molecule has 92 valence electrons. The molecule has 0 atom stereocenters. The third-order valence-electron chi connectivity index (χ3n) is 2.41. The van der Waals surface area contributed by atoms with E-state index in [1.165, 1.54) is 0 Å². The lowest BCUT2D eigenvalue weighted by atomic mass is 10.2. The van der Waals surface area contributed by atoms with Crippen LogP contribution in [0.15, 0.2) is 36.7 Å². The Morgan fingerprint density at radius 3 is 2.83 bits per heavy atom. The van der Waals surface area contributed by atoms with Crippen molar-refractivity contribution in [2.45, 2.75) is 13.5 Å². The van der Waals surface area contributed by atoms with E-state index < -0.39 is 0 Å². The fourth-order valence-corrected chi connectivity index (χ4v) is 1.46. The number of carbonyl (C=O) groups excluding carboxylic acids is 1. The van der Waals surface area contributed by atoms with Gasteiger partial charge in [-0.15, -0.1) is 0 Å². The van der Waals surface area contributed by atoms with E-state index in [9.17, 15) is 4.79 Å². The topological polar surface area (TPSA) is 80.9 Å². The summed E-state index contributed by atoms with van der Waals surface area (Å²) in [6.45, 7) is 2.21. The zero-order valence-corrected chi connectivity index (χ0v) is 10.1. The molecule has 0 saturated carbocycles. The van der Waals surface area contributed by atoms with Crippen molar-refractivity contribution in [3.63, 3.8) is 0 Å². The summed E-state index contributed by atoms with van der Waals surface area (Å²) in [6, 6.07) is 6.83. The van der Waals surface area contributed by atoms with Gasteiger partial charge in [-0.1, -0.05) is 6.07 Å². The second-order valence-electron chi connectivity index (χ2n) is 3.96. The number of benzene rings is 1. The number of nitrogens with two attached hydrogens (primary N) is 1. The number of hydrogen-bond donors (Lipinski definition) is 2. The summed E-state index contributed by atoms with van der Waals surface area (Å²) in [7, 11) is 0. The molecule has 1 amide bonds. The van der Waals surface area contributed by atoms with Crippen molar-refractivity contribution in [3.8, 4) is 0 Å². The summed E-state index contributed by atoms with van der Waals surface area (Å²) < 4.78 is 0. The number of carbonyl (C=O) groups is 1. The molecule has 2 aromatic rings. The van der Waals surface area contributed by atoms with Crippen LogP contribution in [0.5, 0.6) is 0 Å². The first-order valence-corrected chi connectivity index (χ1v) is 5.56.